The Morgan fingerprint density at radius 1 is 0.471 bits per heavy atom. The molecule has 0 saturated heterocycles. The lowest BCUT2D eigenvalue weighted by Crippen LogP contribution is -1.78. The van der Waals surface area contributed by atoms with Gasteiger partial charge in [-0.2, -0.15) is 0 Å². The summed E-state index contributed by atoms with van der Waals surface area (Å²) in [5.41, 5.74) is 0. The van der Waals surface area contributed by atoms with Crippen molar-refractivity contribution < 1.29 is 0 Å². The molecule has 0 nitrogen and oxygen atoms in total. The molecule has 0 radical (unpaired) electrons. The molecule has 0 fully saturated rings. The lowest BCUT2D eigenvalue weighted by molar-refractivity contribution is 0.628. The molecule has 0 bridgehead atoms. The van der Waals surface area contributed by atoms with Gasteiger partial charge in [-0.05, 0) is 12.8 Å². The quantitative estimate of drug-likeness (QED) is 0.268. The first-order chi connectivity index (χ1) is 8.33. The van der Waals surface area contributed by atoms with Crippen molar-refractivity contribution in [1.82, 2.24) is 0 Å². The Bertz CT molecular complexity index is 93.1. The summed E-state index contributed by atoms with van der Waals surface area (Å²) >= 11 is 6.82. The van der Waals surface area contributed by atoms with Gasteiger partial charge in [0.1, 0.15) is 0 Å². The van der Waals surface area contributed by atoms with E-state index in [2.05, 4.69) is 45.7 Å². The van der Waals surface area contributed by atoms with Crippen LogP contribution in [0.5, 0.6) is 0 Å². The van der Waals surface area contributed by atoms with Gasteiger partial charge in [0.2, 0.25) is 0 Å². The molecule has 0 spiro atoms. The van der Waals surface area contributed by atoms with Crippen LogP contribution in [0.1, 0.15) is 84.5 Å². The zero-order valence-corrected chi connectivity index (χ0v) is 15.1. The predicted molar refractivity (Wildman–Crippen MR) is 89.7 cm³/mol. The second-order valence-corrected chi connectivity index (χ2v) is 6.15. The van der Waals surface area contributed by atoms with E-state index >= 15 is 0 Å². The molecule has 0 aliphatic carbocycles. The van der Waals surface area contributed by atoms with Gasteiger partial charge in [0.15, 0.2) is 0 Å². The minimum absolute atomic E-state index is 1.18. The third-order valence-electron chi connectivity index (χ3n) is 2.72. The van der Waals surface area contributed by atoms with Crippen molar-refractivity contribution in [2.24, 2.45) is 0 Å². The summed E-state index contributed by atoms with van der Waals surface area (Å²) in [5.74, 6) is 0. The van der Waals surface area contributed by atoms with Gasteiger partial charge >= 0.3 is 0 Å². The fraction of sp³-hybridized carbons (Fsp3) is 1.00. The topological polar surface area (TPSA) is 0 Å². The molecule has 2 heteroatoms. The van der Waals surface area contributed by atoms with Gasteiger partial charge in [0, 0.05) is 10.7 Å². The molecule has 0 amide bonds. The summed E-state index contributed by atoms with van der Waals surface area (Å²) in [5, 5.41) is 2.36. The lowest BCUT2D eigenvalue weighted by Gasteiger charge is -1.95. The van der Waals surface area contributed by atoms with Crippen LogP contribution in [0.3, 0.4) is 0 Å². The molecule has 0 saturated carbocycles. The third-order valence-corrected chi connectivity index (χ3v) is 3.85. The number of hydrogen-bond donors (Lipinski definition) is 0. The first kappa shape index (κ1) is 20.3. The van der Waals surface area contributed by atoms with E-state index in [1.165, 1.54) is 81.3 Å². The highest BCUT2D eigenvalue weighted by Gasteiger charge is 1.86. The second-order valence-electron chi connectivity index (χ2n) is 4.56. The van der Waals surface area contributed by atoms with Crippen molar-refractivity contribution >= 4 is 31.9 Å². The zero-order chi connectivity index (χ0) is 13.2. The molecule has 0 aromatic carbocycles. The van der Waals surface area contributed by atoms with Crippen LogP contribution in [-0.4, -0.2) is 10.7 Å². The Hall–Kier alpha value is 0.960. The van der Waals surface area contributed by atoms with E-state index in [1.807, 2.05) is 0 Å². The minimum Gasteiger partial charge on any atom is -0.0928 e. The molecular weight excluding hydrogens is 340 g/mol. The van der Waals surface area contributed by atoms with Gasteiger partial charge in [-0.15, -0.1) is 0 Å². The molecule has 0 aliphatic heterocycles. The number of alkyl halides is 2. The van der Waals surface area contributed by atoms with Crippen LogP contribution in [0.2, 0.25) is 0 Å². The van der Waals surface area contributed by atoms with Crippen molar-refractivity contribution in [2.75, 3.05) is 10.7 Å². The van der Waals surface area contributed by atoms with Crippen molar-refractivity contribution in [2.45, 2.75) is 84.5 Å². The molecule has 0 N–H and O–H groups in total. The van der Waals surface area contributed by atoms with E-state index in [4.69, 9.17) is 0 Å². The highest BCUT2D eigenvalue weighted by atomic mass is 79.9. The molecule has 106 valence electrons. The van der Waals surface area contributed by atoms with Gasteiger partial charge in [0.25, 0.3) is 0 Å². The molecule has 0 aromatic rings. The summed E-state index contributed by atoms with van der Waals surface area (Å²) < 4.78 is 0. The summed E-state index contributed by atoms with van der Waals surface area (Å²) in [7, 11) is 0. The van der Waals surface area contributed by atoms with Crippen LogP contribution >= 0.6 is 31.9 Å². The Morgan fingerprint density at radius 3 is 1.06 bits per heavy atom. The van der Waals surface area contributed by atoms with Crippen molar-refractivity contribution in [3.8, 4) is 0 Å². The summed E-state index contributed by atoms with van der Waals surface area (Å²) in [6, 6.07) is 0. The van der Waals surface area contributed by atoms with Crippen LogP contribution < -0.4 is 0 Å². The molecular formula is C15H32Br2. The number of hydrogen-bond acceptors (Lipinski definition) is 0. The van der Waals surface area contributed by atoms with E-state index < -0.39 is 0 Å². The Kier molecular flexibility index (Phi) is 26.4. The summed E-state index contributed by atoms with van der Waals surface area (Å²) in [6.45, 7) is 4.50. The first-order valence-corrected chi connectivity index (χ1v) is 9.69. The molecule has 0 rings (SSSR count). The van der Waals surface area contributed by atoms with Gasteiger partial charge < -0.3 is 0 Å². The van der Waals surface area contributed by atoms with Gasteiger partial charge in [-0.3, -0.25) is 0 Å². The molecule has 0 heterocycles. The van der Waals surface area contributed by atoms with Crippen LogP contribution in [0.4, 0.5) is 0 Å². The minimum atomic E-state index is 1.18. The SMILES string of the molecule is CCCCCCCBr.CCCCCCCCBr. The maximum Gasteiger partial charge on any atom is 0.00313 e. The fourth-order valence-corrected chi connectivity index (χ4v) is 2.37. The normalized spacial score (nSPS) is 9.88. The maximum absolute atomic E-state index is 3.42. The lowest BCUT2D eigenvalue weighted by atomic mass is 10.1. The molecule has 0 aromatic heterocycles. The zero-order valence-electron chi connectivity index (χ0n) is 11.9. The molecule has 17 heavy (non-hydrogen) atoms. The van der Waals surface area contributed by atoms with Gasteiger partial charge in [-0.1, -0.05) is 103 Å². The monoisotopic (exact) mass is 370 g/mol. The average molecular weight is 372 g/mol. The van der Waals surface area contributed by atoms with Crippen LogP contribution in [0, 0.1) is 0 Å². The van der Waals surface area contributed by atoms with E-state index in [1.54, 1.807) is 0 Å². The highest BCUT2D eigenvalue weighted by Crippen LogP contribution is 2.05. The van der Waals surface area contributed by atoms with Crippen molar-refractivity contribution in [3.05, 3.63) is 0 Å². The van der Waals surface area contributed by atoms with E-state index in [0.29, 0.717) is 0 Å². The molecule has 0 aliphatic rings. The van der Waals surface area contributed by atoms with Crippen LogP contribution in [0.15, 0.2) is 0 Å². The Morgan fingerprint density at radius 2 is 0.765 bits per heavy atom. The van der Waals surface area contributed by atoms with Crippen molar-refractivity contribution in [1.29, 1.82) is 0 Å². The van der Waals surface area contributed by atoms with Crippen LogP contribution in [0.25, 0.3) is 0 Å². The number of unbranched alkanes of at least 4 members (excludes halogenated alkanes) is 9. The largest absolute Gasteiger partial charge is 0.0928 e. The summed E-state index contributed by atoms with van der Waals surface area (Å²) in [6.07, 6.45) is 15.3. The van der Waals surface area contributed by atoms with E-state index in [-0.39, 0.29) is 0 Å². The van der Waals surface area contributed by atoms with E-state index in [0.717, 1.165) is 0 Å². The predicted octanol–water partition coefficient (Wildman–Crippen LogP) is 7.09. The summed E-state index contributed by atoms with van der Waals surface area (Å²) in [4.78, 5) is 0. The molecule has 0 unspecified atom stereocenters. The van der Waals surface area contributed by atoms with Crippen molar-refractivity contribution in [3.63, 3.8) is 0 Å². The third kappa shape index (κ3) is 26.5. The van der Waals surface area contributed by atoms with Gasteiger partial charge in [-0.25, -0.2) is 0 Å². The van der Waals surface area contributed by atoms with Gasteiger partial charge in [0.05, 0.1) is 0 Å². The fourth-order valence-electron chi connectivity index (χ4n) is 1.57. The maximum atomic E-state index is 3.42. The van der Waals surface area contributed by atoms with E-state index in [9.17, 15) is 0 Å². The Labute approximate surface area is 127 Å². The smallest absolute Gasteiger partial charge is 0.00313 e. The number of rotatable bonds is 11. The van der Waals surface area contributed by atoms with Crippen LogP contribution in [-0.2, 0) is 0 Å². The number of halogens is 2. The second kappa shape index (κ2) is 22.2. The molecule has 0 atom stereocenters. The standard InChI is InChI=1S/C8H17Br.C7H15Br/c1-2-3-4-5-6-7-8-9;1-2-3-4-5-6-7-8/h2-8H2,1H3;2-7H2,1H3. The average Bonchev–Trinajstić information content (AvgIpc) is 2.36. The first-order valence-electron chi connectivity index (χ1n) is 7.45. The highest BCUT2D eigenvalue weighted by molar-refractivity contribution is 9.09. The Balaban J connectivity index is 0.